The Hall–Kier alpha value is -1.65. The van der Waals surface area contributed by atoms with Gasteiger partial charge in [0.1, 0.15) is 5.82 Å². The van der Waals surface area contributed by atoms with Crippen LogP contribution in [0.25, 0.3) is 0 Å². The van der Waals surface area contributed by atoms with Gasteiger partial charge in [-0.05, 0) is 25.5 Å². The van der Waals surface area contributed by atoms with Gasteiger partial charge in [-0.1, -0.05) is 0 Å². The molecule has 0 saturated heterocycles. The zero-order valence-electron chi connectivity index (χ0n) is 9.54. The molecule has 0 aliphatic rings. The van der Waals surface area contributed by atoms with Gasteiger partial charge in [0.2, 0.25) is 0 Å². The molecule has 0 aliphatic carbocycles. The Morgan fingerprint density at radius 1 is 1.35 bits per heavy atom. The Morgan fingerprint density at radius 2 is 2.12 bits per heavy atom. The summed E-state index contributed by atoms with van der Waals surface area (Å²) in [5.41, 5.74) is 0. The van der Waals surface area contributed by atoms with E-state index in [0.29, 0.717) is 13.0 Å². The van der Waals surface area contributed by atoms with Crippen molar-refractivity contribution in [1.29, 1.82) is 0 Å². The van der Waals surface area contributed by atoms with Gasteiger partial charge in [0.25, 0.3) is 0 Å². The van der Waals surface area contributed by atoms with E-state index in [1.807, 2.05) is 0 Å². The molecule has 1 aromatic rings. The van der Waals surface area contributed by atoms with E-state index < -0.39 is 11.6 Å². The number of ether oxygens (including phenoxy) is 2. The van der Waals surface area contributed by atoms with Crippen molar-refractivity contribution in [1.82, 2.24) is 0 Å². The van der Waals surface area contributed by atoms with Crippen molar-refractivity contribution in [2.24, 2.45) is 0 Å². The third kappa shape index (κ3) is 4.80. The lowest BCUT2D eigenvalue weighted by molar-refractivity contribution is -0.143. The first kappa shape index (κ1) is 13.4. The lowest BCUT2D eigenvalue weighted by Gasteiger charge is -2.06. The van der Waals surface area contributed by atoms with Crippen molar-refractivity contribution in [2.45, 2.75) is 19.8 Å². The largest absolute Gasteiger partial charge is 0.491 e. The van der Waals surface area contributed by atoms with Gasteiger partial charge in [-0.25, -0.2) is 8.78 Å². The van der Waals surface area contributed by atoms with Crippen LogP contribution >= 0.6 is 0 Å². The van der Waals surface area contributed by atoms with Crippen LogP contribution < -0.4 is 4.74 Å². The van der Waals surface area contributed by atoms with Crippen LogP contribution in [0.4, 0.5) is 8.78 Å². The van der Waals surface area contributed by atoms with E-state index in [1.165, 1.54) is 6.07 Å². The second-order valence-electron chi connectivity index (χ2n) is 3.33. The molecular weight excluding hydrogens is 230 g/mol. The van der Waals surface area contributed by atoms with Crippen LogP contribution in [-0.4, -0.2) is 19.2 Å². The van der Waals surface area contributed by atoms with E-state index in [9.17, 15) is 13.6 Å². The second kappa shape index (κ2) is 6.83. The predicted molar refractivity (Wildman–Crippen MR) is 57.7 cm³/mol. The van der Waals surface area contributed by atoms with Crippen molar-refractivity contribution in [3.05, 3.63) is 29.8 Å². The molecular formula is C12H14F2O3. The number of carbonyl (C=O) groups excluding carboxylic acids is 1. The van der Waals surface area contributed by atoms with Crippen LogP contribution in [0.1, 0.15) is 19.8 Å². The first-order chi connectivity index (χ1) is 8.13. The molecule has 0 N–H and O–H groups in total. The third-order valence-electron chi connectivity index (χ3n) is 1.98. The number of halogens is 2. The van der Waals surface area contributed by atoms with E-state index >= 15 is 0 Å². The highest BCUT2D eigenvalue weighted by atomic mass is 19.1. The van der Waals surface area contributed by atoms with Crippen LogP contribution in [0, 0.1) is 11.6 Å². The van der Waals surface area contributed by atoms with Crippen molar-refractivity contribution < 1.29 is 23.0 Å². The van der Waals surface area contributed by atoms with Gasteiger partial charge < -0.3 is 9.47 Å². The van der Waals surface area contributed by atoms with E-state index in [4.69, 9.17) is 9.47 Å². The molecule has 0 heterocycles. The quantitative estimate of drug-likeness (QED) is 0.570. The lowest BCUT2D eigenvalue weighted by Crippen LogP contribution is -2.07. The van der Waals surface area contributed by atoms with Gasteiger partial charge in [0.15, 0.2) is 11.6 Å². The van der Waals surface area contributed by atoms with Crippen LogP contribution in [0.2, 0.25) is 0 Å². The molecule has 94 valence electrons. The minimum absolute atomic E-state index is 0.0183. The maximum atomic E-state index is 13.1. The number of hydrogen-bond donors (Lipinski definition) is 0. The van der Waals surface area contributed by atoms with Crippen molar-refractivity contribution in [2.75, 3.05) is 13.2 Å². The molecule has 1 aromatic carbocycles. The number of esters is 1. The summed E-state index contributed by atoms with van der Waals surface area (Å²) >= 11 is 0. The number of hydrogen-bond acceptors (Lipinski definition) is 3. The second-order valence-corrected chi connectivity index (χ2v) is 3.33. The fraction of sp³-hybridized carbons (Fsp3) is 0.417. The van der Waals surface area contributed by atoms with Crippen LogP contribution in [0.5, 0.6) is 5.75 Å². The molecule has 0 spiro atoms. The maximum Gasteiger partial charge on any atom is 0.305 e. The highest BCUT2D eigenvalue weighted by Gasteiger charge is 2.05. The summed E-state index contributed by atoms with van der Waals surface area (Å²) in [6.45, 7) is 2.25. The molecule has 0 saturated carbocycles. The summed E-state index contributed by atoms with van der Waals surface area (Å²) < 4.78 is 35.5. The summed E-state index contributed by atoms with van der Waals surface area (Å²) in [7, 11) is 0. The Labute approximate surface area is 98.3 Å². The van der Waals surface area contributed by atoms with Gasteiger partial charge >= 0.3 is 5.97 Å². The molecule has 0 amide bonds. The zero-order chi connectivity index (χ0) is 12.7. The number of carbonyl (C=O) groups is 1. The van der Waals surface area contributed by atoms with Gasteiger partial charge in [0.05, 0.1) is 13.2 Å². The molecule has 0 aliphatic heterocycles. The summed E-state index contributed by atoms with van der Waals surface area (Å²) in [6.07, 6.45) is 0.645. The SMILES string of the molecule is CCOC(=O)CCCOc1ccc(F)cc1F. The van der Waals surface area contributed by atoms with Gasteiger partial charge in [0, 0.05) is 12.5 Å². The average Bonchev–Trinajstić information content (AvgIpc) is 2.27. The van der Waals surface area contributed by atoms with E-state index in [0.717, 1.165) is 12.1 Å². The normalized spacial score (nSPS) is 10.1. The molecule has 17 heavy (non-hydrogen) atoms. The molecule has 0 unspecified atom stereocenters. The van der Waals surface area contributed by atoms with Crippen molar-refractivity contribution in [3.8, 4) is 5.75 Å². The predicted octanol–water partition coefficient (Wildman–Crippen LogP) is 2.69. The molecule has 0 atom stereocenters. The molecule has 0 radical (unpaired) electrons. The lowest BCUT2D eigenvalue weighted by atomic mass is 10.3. The van der Waals surface area contributed by atoms with Gasteiger partial charge in [-0.3, -0.25) is 4.79 Å². The van der Waals surface area contributed by atoms with E-state index in [1.54, 1.807) is 6.92 Å². The Bertz CT molecular complexity index is 380. The first-order valence-corrected chi connectivity index (χ1v) is 5.37. The molecule has 0 fully saturated rings. The van der Waals surface area contributed by atoms with Gasteiger partial charge in [-0.15, -0.1) is 0 Å². The van der Waals surface area contributed by atoms with Crippen LogP contribution in [0.15, 0.2) is 18.2 Å². The molecule has 0 bridgehead atoms. The Morgan fingerprint density at radius 3 is 2.76 bits per heavy atom. The monoisotopic (exact) mass is 244 g/mol. The molecule has 3 nitrogen and oxygen atoms in total. The highest BCUT2D eigenvalue weighted by molar-refractivity contribution is 5.69. The summed E-state index contributed by atoms with van der Waals surface area (Å²) in [6, 6.07) is 3.08. The fourth-order valence-corrected chi connectivity index (χ4v) is 1.22. The zero-order valence-corrected chi connectivity index (χ0v) is 9.54. The van der Waals surface area contributed by atoms with Crippen molar-refractivity contribution in [3.63, 3.8) is 0 Å². The minimum atomic E-state index is -0.749. The number of rotatable bonds is 6. The van der Waals surface area contributed by atoms with Crippen LogP contribution in [-0.2, 0) is 9.53 Å². The smallest absolute Gasteiger partial charge is 0.305 e. The minimum Gasteiger partial charge on any atom is -0.491 e. The molecule has 5 heteroatoms. The van der Waals surface area contributed by atoms with Crippen molar-refractivity contribution >= 4 is 5.97 Å². The summed E-state index contributed by atoms with van der Waals surface area (Å²) in [5.74, 6) is -1.73. The highest BCUT2D eigenvalue weighted by Crippen LogP contribution is 2.17. The summed E-state index contributed by atoms with van der Waals surface area (Å²) in [5, 5.41) is 0. The average molecular weight is 244 g/mol. The Kier molecular flexibility index (Phi) is 5.39. The van der Waals surface area contributed by atoms with Crippen LogP contribution in [0.3, 0.4) is 0 Å². The van der Waals surface area contributed by atoms with Gasteiger partial charge in [-0.2, -0.15) is 0 Å². The fourth-order valence-electron chi connectivity index (χ4n) is 1.22. The topological polar surface area (TPSA) is 35.5 Å². The third-order valence-corrected chi connectivity index (χ3v) is 1.98. The number of benzene rings is 1. The maximum absolute atomic E-state index is 13.1. The Balaban J connectivity index is 2.29. The standard InChI is InChI=1S/C12H14F2O3/c1-2-16-12(15)4-3-7-17-11-6-5-9(13)8-10(11)14/h5-6,8H,2-4,7H2,1H3. The molecule has 0 aromatic heterocycles. The summed E-state index contributed by atoms with van der Waals surface area (Å²) in [4.78, 5) is 11.0. The first-order valence-electron chi connectivity index (χ1n) is 5.37. The molecule has 1 rings (SSSR count). The van der Waals surface area contributed by atoms with E-state index in [-0.39, 0.29) is 24.7 Å². The van der Waals surface area contributed by atoms with E-state index in [2.05, 4.69) is 0 Å².